The summed E-state index contributed by atoms with van der Waals surface area (Å²) >= 11 is 0. The normalized spacial score (nSPS) is 23.0. The summed E-state index contributed by atoms with van der Waals surface area (Å²) in [6.45, 7) is 1.25. The fourth-order valence-corrected chi connectivity index (χ4v) is 2.56. The summed E-state index contributed by atoms with van der Waals surface area (Å²) in [5.74, 6) is 0. The second-order valence-corrected chi connectivity index (χ2v) is 5.76. The van der Waals surface area contributed by atoms with Crippen molar-refractivity contribution < 1.29 is 19.3 Å². The zero-order valence-electron chi connectivity index (χ0n) is 13.5. The molecule has 0 radical (unpaired) electrons. The lowest BCUT2D eigenvalue weighted by atomic mass is 10.1. The van der Waals surface area contributed by atoms with Crippen molar-refractivity contribution in [3.8, 4) is 0 Å². The molecule has 1 N–H and O–H groups in total. The predicted molar refractivity (Wildman–Crippen MR) is 91.1 cm³/mol. The smallest absolute Gasteiger partial charge is 0.150 e. The molecule has 0 aliphatic carbocycles. The van der Waals surface area contributed by atoms with Crippen molar-refractivity contribution in [1.82, 2.24) is 0 Å². The van der Waals surface area contributed by atoms with E-state index in [0.717, 1.165) is 11.1 Å². The predicted octanol–water partition coefficient (Wildman–Crippen LogP) is 3.06. The minimum Gasteiger partial charge on any atom is -0.493 e. The molecule has 126 valence electrons. The molecule has 0 amide bonds. The van der Waals surface area contributed by atoms with Crippen LogP contribution in [0.3, 0.4) is 0 Å². The Balaban J connectivity index is 1.46. The molecule has 0 saturated carbocycles. The van der Waals surface area contributed by atoms with Crippen molar-refractivity contribution in [2.24, 2.45) is 0 Å². The SMILES string of the molecule is O[C@H]1C(OCc2ccccc2)C=COC1COCc1ccccc1. The zero-order valence-corrected chi connectivity index (χ0v) is 13.5. The molecule has 2 aromatic rings. The number of aliphatic hydroxyl groups excluding tert-OH is 1. The van der Waals surface area contributed by atoms with E-state index in [0.29, 0.717) is 19.8 Å². The molecular weight excluding hydrogens is 304 g/mol. The molecule has 0 fully saturated rings. The van der Waals surface area contributed by atoms with Gasteiger partial charge in [-0.05, 0) is 17.2 Å². The van der Waals surface area contributed by atoms with Crippen molar-refractivity contribution in [2.45, 2.75) is 31.5 Å². The minimum atomic E-state index is -0.755. The van der Waals surface area contributed by atoms with Crippen LogP contribution in [0.4, 0.5) is 0 Å². The van der Waals surface area contributed by atoms with Crippen molar-refractivity contribution in [2.75, 3.05) is 6.61 Å². The third-order valence-corrected chi connectivity index (χ3v) is 3.92. The van der Waals surface area contributed by atoms with Crippen LogP contribution in [0.5, 0.6) is 0 Å². The Hall–Kier alpha value is -2.14. The standard InChI is InChI=1S/C20H22O4/c21-20-18(24-14-17-9-5-2-6-10-17)11-12-23-19(20)15-22-13-16-7-3-1-4-8-16/h1-12,18-21H,13-15H2/t18?,19?,20-/m0/s1. The summed E-state index contributed by atoms with van der Waals surface area (Å²) in [5, 5.41) is 10.4. The number of ether oxygens (including phenoxy) is 3. The largest absolute Gasteiger partial charge is 0.493 e. The van der Waals surface area contributed by atoms with E-state index in [9.17, 15) is 5.11 Å². The first-order valence-corrected chi connectivity index (χ1v) is 8.10. The first-order chi connectivity index (χ1) is 11.8. The Morgan fingerprint density at radius 3 is 2.17 bits per heavy atom. The Morgan fingerprint density at radius 2 is 1.50 bits per heavy atom. The molecule has 4 nitrogen and oxygen atoms in total. The summed E-state index contributed by atoms with van der Waals surface area (Å²) < 4.78 is 16.9. The highest BCUT2D eigenvalue weighted by Gasteiger charge is 2.31. The van der Waals surface area contributed by atoms with Crippen molar-refractivity contribution in [3.63, 3.8) is 0 Å². The van der Waals surface area contributed by atoms with Gasteiger partial charge in [0.2, 0.25) is 0 Å². The van der Waals surface area contributed by atoms with Gasteiger partial charge >= 0.3 is 0 Å². The Kier molecular flexibility index (Phi) is 6.01. The van der Waals surface area contributed by atoms with Gasteiger partial charge in [-0.3, -0.25) is 0 Å². The second-order valence-electron chi connectivity index (χ2n) is 5.76. The number of hydrogen-bond acceptors (Lipinski definition) is 4. The Morgan fingerprint density at radius 1 is 0.875 bits per heavy atom. The molecule has 24 heavy (non-hydrogen) atoms. The highest BCUT2D eigenvalue weighted by molar-refractivity contribution is 5.14. The molecule has 2 unspecified atom stereocenters. The molecule has 1 heterocycles. The van der Waals surface area contributed by atoms with E-state index in [1.165, 1.54) is 0 Å². The topological polar surface area (TPSA) is 47.9 Å². The molecule has 4 heteroatoms. The van der Waals surface area contributed by atoms with Crippen LogP contribution in [-0.4, -0.2) is 30.0 Å². The Labute approximate surface area is 142 Å². The highest BCUT2D eigenvalue weighted by Crippen LogP contribution is 2.18. The lowest BCUT2D eigenvalue weighted by Crippen LogP contribution is -2.44. The summed E-state index contributed by atoms with van der Waals surface area (Å²) in [6, 6.07) is 19.8. The summed E-state index contributed by atoms with van der Waals surface area (Å²) in [7, 11) is 0. The maximum Gasteiger partial charge on any atom is 0.150 e. The van der Waals surface area contributed by atoms with Crippen LogP contribution >= 0.6 is 0 Å². The van der Waals surface area contributed by atoms with Crippen LogP contribution in [0.2, 0.25) is 0 Å². The molecule has 0 spiro atoms. The van der Waals surface area contributed by atoms with E-state index in [1.807, 2.05) is 60.7 Å². The first-order valence-electron chi connectivity index (χ1n) is 8.10. The maximum atomic E-state index is 10.4. The fourth-order valence-electron chi connectivity index (χ4n) is 2.56. The van der Waals surface area contributed by atoms with Crippen LogP contribution in [0.15, 0.2) is 73.0 Å². The summed E-state index contributed by atoms with van der Waals surface area (Å²) in [4.78, 5) is 0. The summed E-state index contributed by atoms with van der Waals surface area (Å²) in [5.41, 5.74) is 2.16. The van der Waals surface area contributed by atoms with E-state index < -0.39 is 18.3 Å². The van der Waals surface area contributed by atoms with Gasteiger partial charge in [-0.15, -0.1) is 0 Å². The van der Waals surface area contributed by atoms with Gasteiger partial charge in [-0.2, -0.15) is 0 Å². The van der Waals surface area contributed by atoms with Crippen LogP contribution in [0.25, 0.3) is 0 Å². The number of hydrogen-bond donors (Lipinski definition) is 1. The molecule has 0 aromatic heterocycles. The minimum absolute atomic E-state index is 0.311. The lowest BCUT2D eigenvalue weighted by molar-refractivity contribution is -0.116. The number of benzene rings is 2. The van der Waals surface area contributed by atoms with Gasteiger partial charge in [0, 0.05) is 0 Å². The Bertz CT molecular complexity index is 627. The van der Waals surface area contributed by atoms with Crippen LogP contribution < -0.4 is 0 Å². The molecule has 0 saturated heterocycles. The highest BCUT2D eigenvalue weighted by atomic mass is 16.6. The lowest BCUT2D eigenvalue weighted by Gasteiger charge is -2.31. The molecule has 0 bridgehead atoms. The maximum absolute atomic E-state index is 10.4. The van der Waals surface area contributed by atoms with Crippen LogP contribution in [-0.2, 0) is 27.4 Å². The van der Waals surface area contributed by atoms with Gasteiger partial charge in [-0.25, -0.2) is 0 Å². The first kappa shape index (κ1) is 16.7. The molecule has 1 aliphatic heterocycles. The van der Waals surface area contributed by atoms with Crippen LogP contribution in [0.1, 0.15) is 11.1 Å². The van der Waals surface area contributed by atoms with Crippen molar-refractivity contribution in [1.29, 1.82) is 0 Å². The molecule has 1 aliphatic rings. The summed E-state index contributed by atoms with van der Waals surface area (Å²) in [6.07, 6.45) is 1.73. The fraction of sp³-hybridized carbons (Fsp3) is 0.300. The average molecular weight is 326 g/mol. The molecule has 3 atom stereocenters. The van der Waals surface area contributed by atoms with E-state index in [1.54, 1.807) is 12.3 Å². The third kappa shape index (κ3) is 4.68. The van der Waals surface area contributed by atoms with Gasteiger partial charge in [0.05, 0.1) is 26.1 Å². The van der Waals surface area contributed by atoms with E-state index in [2.05, 4.69) is 0 Å². The van der Waals surface area contributed by atoms with Gasteiger partial charge in [0.1, 0.15) is 18.3 Å². The van der Waals surface area contributed by atoms with Gasteiger partial charge < -0.3 is 19.3 Å². The van der Waals surface area contributed by atoms with Gasteiger partial charge in [0.25, 0.3) is 0 Å². The molecular formula is C20H22O4. The van der Waals surface area contributed by atoms with Crippen molar-refractivity contribution >= 4 is 0 Å². The molecule has 3 rings (SSSR count). The van der Waals surface area contributed by atoms with Gasteiger partial charge in [-0.1, -0.05) is 60.7 Å². The van der Waals surface area contributed by atoms with E-state index >= 15 is 0 Å². The van der Waals surface area contributed by atoms with E-state index in [-0.39, 0.29) is 0 Å². The van der Waals surface area contributed by atoms with E-state index in [4.69, 9.17) is 14.2 Å². The quantitative estimate of drug-likeness (QED) is 0.849. The third-order valence-electron chi connectivity index (χ3n) is 3.92. The average Bonchev–Trinajstić information content (AvgIpc) is 2.64. The molecule has 2 aromatic carbocycles. The second kappa shape index (κ2) is 8.64. The monoisotopic (exact) mass is 326 g/mol. The van der Waals surface area contributed by atoms with Crippen molar-refractivity contribution in [3.05, 3.63) is 84.1 Å². The zero-order chi connectivity index (χ0) is 16.6. The van der Waals surface area contributed by atoms with Crippen LogP contribution in [0, 0.1) is 0 Å². The van der Waals surface area contributed by atoms with Gasteiger partial charge in [0.15, 0.2) is 0 Å². The number of rotatable bonds is 7. The number of aliphatic hydroxyl groups is 1.